The maximum absolute atomic E-state index is 11.3. The lowest BCUT2D eigenvalue weighted by atomic mass is 9.94. The van der Waals surface area contributed by atoms with Crippen LogP contribution in [0.15, 0.2) is 12.5 Å². The second-order valence-corrected chi connectivity index (χ2v) is 4.10. The summed E-state index contributed by atoms with van der Waals surface area (Å²) >= 11 is 0. The van der Waals surface area contributed by atoms with Gasteiger partial charge in [-0.15, -0.1) is 0 Å². The van der Waals surface area contributed by atoms with Gasteiger partial charge < -0.3 is 15.0 Å². The molecule has 0 fully saturated rings. The Balaban J connectivity index is 2.49. The molecule has 2 N–H and O–H groups in total. The van der Waals surface area contributed by atoms with Crippen molar-refractivity contribution >= 4 is 5.97 Å². The van der Waals surface area contributed by atoms with E-state index in [0.29, 0.717) is 13.0 Å². The fraction of sp³-hybridized carbons (Fsp3) is 0.636. The van der Waals surface area contributed by atoms with Gasteiger partial charge >= 0.3 is 5.97 Å². The van der Waals surface area contributed by atoms with Gasteiger partial charge in [-0.2, -0.15) is 0 Å². The summed E-state index contributed by atoms with van der Waals surface area (Å²) in [5.74, 6) is -0.193. The maximum atomic E-state index is 11.3. The van der Waals surface area contributed by atoms with Gasteiger partial charge in [0.1, 0.15) is 0 Å². The lowest BCUT2D eigenvalue weighted by molar-refractivity contribution is -0.142. The minimum Gasteiger partial charge on any atom is -0.469 e. The average molecular weight is 225 g/mol. The molecule has 0 aromatic carbocycles. The highest BCUT2D eigenvalue weighted by atomic mass is 16.5. The summed E-state index contributed by atoms with van der Waals surface area (Å²) in [4.78, 5) is 18.2. The molecule has 1 unspecified atom stereocenters. The van der Waals surface area contributed by atoms with E-state index in [2.05, 4.69) is 20.0 Å². The third-order valence-corrected chi connectivity index (χ3v) is 2.80. The number of rotatable bonds is 6. The molecule has 16 heavy (non-hydrogen) atoms. The van der Waals surface area contributed by atoms with E-state index in [1.807, 2.05) is 13.8 Å². The van der Waals surface area contributed by atoms with Gasteiger partial charge in [0.25, 0.3) is 0 Å². The largest absolute Gasteiger partial charge is 0.469 e. The van der Waals surface area contributed by atoms with Gasteiger partial charge in [-0.3, -0.25) is 4.79 Å². The van der Waals surface area contributed by atoms with Crippen molar-refractivity contribution in [1.29, 1.82) is 0 Å². The number of hydrogen-bond acceptors (Lipinski definition) is 4. The number of aromatic nitrogens is 2. The molecule has 0 bridgehead atoms. The van der Waals surface area contributed by atoms with Crippen LogP contribution in [0.3, 0.4) is 0 Å². The highest BCUT2D eigenvalue weighted by Gasteiger charge is 2.25. The third kappa shape index (κ3) is 3.66. The van der Waals surface area contributed by atoms with E-state index in [1.165, 1.54) is 7.11 Å². The zero-order valence-electron chi connectivity index (χ0n) is 10.0. The standard InChI is InChI=1S/C11H19N3O2/c1-4-11(2,5-10(15)16-3)14-7-9-6-12-8-13-9/h6,8,14H,4-5,7H2,1-3H3,(H,12,13). The fourth-order valence-electron chi connectivity index (χ4n) is 1.39. The van der Waals surface area contributed by atoms with E-state index >= 15 is 0 Å². The molecular weight excluding hydrogens is 206 g/mol. The average Bonchev–Trinajstić information content (AvgIpc) is 2.79. The van der Waals surface area contributed by atoms with Gasteiger partial charge in [0, 0.05) is 24.0 Å². The van der Waals surface area contributed by atoms with Gasteiger partial charge in [-0.25, -0.2) is 4.98 Å². The van der Waals surface area contributed by atoms with Gasteiger partial charge in [0.05, 0.1) is 19.9 Å². The van der Waals surface area contributed by atoms with Gasteiger partial charge in [0.2, 0.25) is 0 Å². The number of carbonyl (C=O) groups is 1. The molecule has 5 nitrogen and oxygen atoms in total. The molecule has 1 aromatic rings. The number of aromatic amines is 1. The Labute approximate surface area is 95.6 Å². The van der Waals surface area contributed by atoms with E-state index in [1.54, 1.807) is 12.5 Å². The first-order chi connectivity index (χ1) is 7.59. The number of carbonyl (C=O) groups excluding carboxylic acids is 1. The van der Waals surface area contributed by atoms with Crippen LogP contribution in [0.2, 0.25) is 0 Å². The van der Waals surface area contributed by atoms with Crippen molar-refractivity contribution in [3.63, 3.8) is 0 Å². The quantitative estimate of drug-likeness (QED) is 0.715. The topological polar surface area (TPSA) is 67.0 Å². The highest BCUT2D eigenvalue weighted by Crippen LogP contribution is 2.15. The molecule has 1 heterocycles. The number of methoxy groups -OCH3 is 1. The zero-order chi connectivity index (χ0) is 12.0. The Bertz CT molecular complexity index is 324. The number of esters is 1. The minimum atomic E-state index is -0.238. The molecule has 0 aliphatic carbocycles. The van der Waals surface area contributed by atoms with E-state index in [0.717, 1.165) is 12.1 Å². The van der Waals surface area contributed by atoms with Crippen molar-refractivity contribution in [3.05, 3.63) is 18.2 Å². The number of imidazole rings is 1. The normalized spacial score (nSPS) is 14.4. The molecule has 1 atom stereocenters. The molecular formula is C11H19N3O2. The summed E-state index contributed by atoms with van der Waals surface area (Å²) in [6.07, 6.45) is 4.63. The number of nitrogens with one attached hydrogen (secondary N) is 2. The van der Waals surface area contributed by atoms with Gasteiger partial charge in [-0.1, -0.05) is 6.92 Å². The van der Waals surface area contributed by atoms with Crippen LogP contribution in [0.4, 0.5) is 0 Å². The molecule has 0 amide bonds. The van der Waals surface area contributed by atoms with Crippen molar-refractivity contribution in [2.75, 3.05) is 7.11 Å². The highest BCUT2D eigenvalue weighted by molar-refractivity contribution is 5.70. The zero-order valence-corrected chi connectivity index (χ0v) is 10.0. The summed E-state index contributed by atoms with van der Waals surface area (Å²) < 4.78 is 4.69. The molecule has 0 aliphatic heterocycles. The van der Waals surface area contributed by atoms with Crippen LogP contribution in [0.25, 0.3) is 0 Å². The summed E-state index contributed by atoms with van der Waals surface area (Å²) in [5.41, 5.74) is 0.766. The van der Waals surface area contributed by atoms with Crippen molar-refractivity contribution in [1.82, 2.24) is 15.3 Å². The first kappa shape index (κ1) is 12.7. The lowest BCUT2D eigenvalue weighted by Gasteiger charge is -2.28. The molecule has 0 saturated heterocycles. The molecule has 1 aromatic heterocycles. The van der Waals surface area contributed by atoms with Crippen molar-refractivity contribution in [3.8, 4) is 0 Å². The predicted octanol–water partition coefficient (Wildman–Crippen LogP) is 1.23. The number of ether oxygens (including phenoxy) is 1. The second kappa shape index (κ2) is 5.65. The fourth-order valence-corrected chi connectivity index (χ4v) is 1.39. The molecule has 0 aliphatic rings. The number of nitrogens with zero attached hydrogens (tertiary/aromatic N) is 1. The summed E-state index contributed by atoms with van der Waals surface area (Å²) in [7, 11) is 1.41. The van der Waals surface area contributed by atoms with Gasteiger partial charge in [0.15, 0.2) is 0 Å². The van der Waals surface area contributed by atoms with E-state index in [9.17, 15) is 4.79 Å². The van der Waals surface area contributed by atoms with E-state index in [4.69, 9.17) is 0 Å². The molecule has 1 rings (SSSR count). The Morgan fingerprint density at radius 3 is 2.94 bits per heavy atom. The SMILES string of the molecule is CCC(C)(CC(=O)OC)NCc1cnc[nH]1. The number of H-pyrrole nitrogens is 1. The summed E-state index contributed by atoms with van der Waals surface area (Å²) in [5, 5.41) is 3.34. The van der Waals surface area contributed by atoms with Crippen molar-refractivity contribution in [2.45, 2.75) is 38.8 Å². The Kier molecular flexibility index (Phi) is 4.49. The lowest BCUT2D eigenvalue weighted by Crippen LogP contribution is -2.43. The van der Waals surface area contributed by atoms with Crippen LogP contribution in [0, 0.1) is 0 Å². The van der Waals surface area contributed by atoms with Gasteiger partial charge in [-0.05, 0) is 13.3 Å². The van der Waals surface area contributed by atoms with E-state index in [-0.39, 0.29) is 11.5 Å². The molecule has 90 valence electrons. The maximum Gasteiger partial charge on any atom is 0.307 e. The van der Waals surface area contributed by atoms with Crippen LogP contribution in [-0.4, -0.2) is 28.6 Å². The second-order valence-electron chi connectivity index (χ2n) is 4.10. The Morgan fingerprint density at radius 1 is 1.69 bits per heavy atom. The van der Waals surface area contributed by atoms with Crippen LogP contribution >= 0.6 is 0 Å². The van der Waals surface area contributed by atoms with Crippen LogP contribution in [0.1, 0.15) is 32.4 Å². The van der Waals surface area contributed by atoms with E-state index < -0.39 is 0 Å². The predicted molar refractivity (Wildman–Crippen MR) is 60.8 cm³/mol. The monoisotopic (exact) mass is 225 g/mol. The first-order valence-corrected chi connectivity index (χ1v) is 5.39. The molecule has 0 saturated carbocycles. The van der Waals surface area contributed by atoms with Crippen LogP contribution in [-0.2, 0) is 16.1 Å². The smallest absolute Gasteiger partial charge is 0.307 e. The Hall–Kier alpha value is -1.36. The third-order valence-electron chi connectivity index (χ3n) is 2.80. The molecule has 5 heteroatoms. The van der Waals surface area contributed by atoms with Crippen LogP contribution < -0.4 is 5.32 Å². The van der Waals surface area contributed by atoms with Crippen molar-refractivity contribution in [2.24, 2.45) is 0 Å². The number of hydrogen-bond donors (Lipinski definition) is 2. The van der Waals surface area contributed by atoms with Crippen LogP contribution in [0.5, 0.6) is 0 Å². The molecule has 0 radical (unpaired) electrons. The summed E-state index contributed by atoms with van der Waals surface area (Å²) in [6, 6.07) is 0. The van der Waals surface area contributed by atoms with Crippen molar-refractivity contribution < 1.29 is 9.53 Å². The first-order valence-electron chi connectivity index (χ1n) is 5.39. The minimum absolute atomic E-state index is 0.193. The molecule has 0 spiro atoms. The summed E-state index contributed by atoms with van der Waals surface area (Å²) in [6.45, 7) is 4.73. The Morgan fingerprint density at radius 2 is 2.44 bits per heavy atom.